The number of aryl methyl sites for hydroxylation is 1. The first-order chi connectivity index (χ1) is 11.7. The van der Waals surface area contributed by atoms with Crippen LogP contribution in [0.5, 0.6) is 5.75 Å². The van der Waals surface area contributed by atoms with Crippen LogP contribution >= 0.6 is 0 Å². The van der Waals surface area contributed by atoms with Crippen molar-refractivity contribution in [2.24, 2.45) is 0 Å². The van der Waals surface area contributed by atoms with E-state index in [-0.39, 0.29) is 19.1 Å². The topological polar surface area (TPSA) is 84.9 Å². The predicted molar refractivity (Wildman–Crippen MR) is 93.4 cm³/mol. The molecular weight excluding hydrogens is 324 g/mol. The molecule has 25 heavy (non-hydrogen) atoms. The number of nitrogens with zero attached hydrogens (tertiary/aromatic N) is 1. The molecule has 0 saturated heterocycles. The molecule has 1 aromatic carbocycles. The first kappa shape index (κ1) is 20.5. The molecule has 7 heteroatoms. The van der Waals surface area contributed by atoms with Crippen LogP contribution < -0.4 is 10.1 Å². The maximum Gasteiger partial charge on any atom is 0.344 e. The minimum atomic E-state index is -0.646. The Morgan fingerprint density at radius 1 is 1.20 bits per heavy atom. The molecule has 0 aliphatic rings. The van der Waals surface area contributed by atoms with Gasteiger partial charge in [-0.3, -0.25) is 9.59 Å². The first-order valence-corrected chi connectivity index (χ1v) is 8.08. The molecule has 2 amide bonds. The van der Waals surface area contributed by atoms with E-state index in [0.29, 0.717) is 11.7 Å². The fraction of sp³-hybridized carbons (Fsp3) is 0.500. The smallest absolute Gasteiger partial charge is 0.344 e. The number of hydrogen-bond donors (Lipinski definition) is 1. The summed E-state index contributed by atoms with van der Waals surface area (Å²) in [5.74, 6) is -0.425. The molecule has 0 fully saturated rings. The largest absolute Gasteiger partial charge is 0.482 e. The molecular formula is C18H26N2O5. The Labute approximate surface area is 148 Å². The molecule has 0 radical (unpaired) electrons. The average molecular weight is 350 g/mol. The SMILES string of the molecule is CNC(=O)CN(C)C(=O)COC(=O)COc1ccc(C(C)C)c(C)c1. The maximum atomic E-state index is 11.7. The minimum Gasteiger partial charge on any atom is -0.482 e. The normalized spacial score (nSPS) is 10.3. The van der Waals surface area contributed by atoms with Gasteiger partial charge in [-0.15, -0.1) is 0 Å². The summed E-state index contributed by atoms with van der Waals surface area (Å²) >= 11 is 0. The first-order valence-electron chi connectivity index (χ1n) is 8.08. The molecule has 0 aromatic heterocycles. The lowest BCUT2D eigenvalue weighted by atomic mass is 9.98. The summed E-state index contributed by atoms with van der Waals surface area (Å²) in [5, 5.41) is 2.41. The van der Waals surface area contributed by atoms with Gasteiger partial charge in [0.05, 0.1) is 6.54 Å². The molecule has 0 aliphatic carbocycles. The molecule has 1 aromatic rings. The van der Waals surface area contributed by atoms with Crippen LogP contribution in [-0.4, -0.2) is 56.5 Å². The van der Waals surface area contributed by atoms with E-state index in [2.05, 4.69) is 19.2 Å². The lowest BCUT2D eigenvalue weighted by molar-refractivity contribution is -0.153. The van der Waals surface area contributed by atoms with Gasteiger partial charge in [0.25, 0.3) is 5.91 Å². The molecule has 0 spiro atoms. The van der Waals surface area contributed by atoms with Gasteiger partial charge in [-0.05, 0) is 36.1 Å². The maximum absolute atomic E-state index is 11.7. The van der Waals surface area contributed by atoms with Crippen LogP contribution in [0.4, 0.5) is 0 Å². The Morgan fingerprint density at radius 2 is 1.88 bits per heavy atom. The van der Waals surface area contributed by atoms with Gasteiger partial charge in [0.2, 0.25) is 5.91 Å². The van der Waals surface area contributed by atoms with E-state index in [4.69, 9.17) is 9.47 Å². The van der Waals surface area contributed by atoms with Crippen molar-refractivity contribution in [1.29, 1.82) is 0 Å². The number of esters is 1. The zero-order valence-corrected chi connectivity index (χ0v) is 15.4. The van der Waals surface area contributed by atoms with Gasteiger partial charge in [-0.2, -0.15) is 0 Å². The zero-order chi connectivity index (χ0) is 19.0. The van der Waals surface area contributed by atoms with Crippen molar-refractivity contribution < 1.29 is 23.9 Å². The molecule has 0 aliphatic heterocycles. The summed E-state index contributed by atoms with van der Waals surface area (Å²) in [6.07, 6.45) is 0. The van der Waals surface area contributed by atoms with Crippen LogP contribution in [0.3, 0.4) is 0 Å². The van der Waals surface area contributed by atoms with Gasteiger partial charge in [0.1, 0.15) is 5.75 Å². The summed E-state index contributed by atoms with van der Waals surface area (Å²) in [5.41, 5.74) is 2.31. The molecule has 1 N–H and O–H groups in total. The Kier molecular flexibility index (Phi) is 7.91. The predicted octanol–water partition coefficient (Wildman–Crippen LogP) is 1.24. The highest BCUT2D eigenvalue weighted by molar-refractivity contribution is 5.86. The second-order valence-electron chi connectivity index (χ2n) is 6.05. The standard InChI is InChI=1S/C18H26N2O5/c1-12(2)15-7-6-14(8-13(15)3)24-11-18(23)25-10-17(22)20(5)9-16(21)19-4/h6-8,12H,9-11H2,1-5H3,(H,19,21). The van der Waals surface area contributed by atoms with Gasteiger partial charge >= 0.3 is 5.97 Å². The highest BCUT2D eigenvalue weighted by Gasteiger charge is 2.15. The molecule has 0 bridgehead atoms. The summed E-state index contributed by atoms with van der Waals surface area (Å²) in [7, 11) is 2.94. The second kappa shape index (κ2) is 9.66. The summed E-state index contributed by atoms with van der Waals surface area (Å²) in [4.78, 5) is 35.8. The average Bonchev–Trinajstić information content (AvgIpc) is 2.57. The van der Waals surface area contributed by atoms with E-state index < -0.39 is 18.5 Å². The fourth-order valence-corrected chi connectivity index (χ4v) is 2.20. The second-order valence-corrected chi connectivity index (χ2v) is 6.05. The number of ether oxygens (including phenoxy) is 2. The molecule has 138 valence electrons. The lowest BCUT2D eigenvalue weighted by Gasteiger charge is -2.16. The zero-order valence-electron chi connectivity index (χ0n) is 15.4. The van der Waals surface area contributed by atoms with Crippen LogP contribution in [0.25, 0.3) is 0 Å². The Bertz CT molecular complexity index is 628. The quantitative estimate of drug-likeness (QED) is 0.713. The number of carbonyl (C=O) groups is 3. The number of hydrogen-bond acceptors (Lipinski definition) is 5. The van der Waals surface area contributed by atoms with Crippen molar-refractivity contribution in [3.8, 4) is 5.75 Å². The van der Waals surface area contributed by atoms with E-state index in [1.807, 2.05) is 19.1 Å². The van der Waals surface area contributed by atoms with Gasteiger partial charge < -0.3 is 19.7 Å². The van der Waals surface area contributed by atoms with Gasteiger partial charge in [-0.1, -0.05) is 19.9 Å². The Morgan fingerprint density at radius 3 is 2.44 bits per heavy atom. The number of likely N-dealkylation sites (N-methyl/N-ethyl adjacent to an activating group) is 2. The van der Waals surface area contributed by atoms with E-state index >= 15 is 0 Å². The van der Waals surface area contributed by atoms with Crippen LogP contribution in [0.15, 0.2) is 18.2 Å². The summed E-state index contributed by atoms with van der Waals surface area (Å²) < 4.78 is 10.3. The monoisotopic (exact) mass is 350 g/mol. The van der Waals surface area contributed by atoms with Crippen molar-refractivity contribution >= 4 is 17.8 Å². The third kappa shape index (κ3) is 6.82. The highest BCUT2D eigenvalue weighted by Crippen LogP contribution is 2.23. The van der Waals surface area contributed by atoms with Crippen molar-refractivity contribution in [1.82, 2.24) is 10.2 Å². The number of amides is 2. The molecule has 1 rings (SSSR count). The number of benzene rings is 1. The summed E-state index contributed by atoms with van der Waals surface area (Å²) in [6, 6.07) is 5.64. The van der Waals surface area contributed by atoms with Crippen molar-refractivity contribution in [3.63, 3.8) is 0 Å². The number of rotatable bonds is 8. The molecule has 0 saturated carbocycles. The van der Waals surface area contributed by atoms with Crippen LogP contribution in [0.1, 0.15) is 30.9 Å². The highest BCUT2D eigenvalue weighted by atomic mass is 16.6. The third-order valence-corrected chi connectivity index (χ3v) is 3.66. The minimum absolute atomic E-state index is 0.0924. The Balaban J connectivity index is 2.41. The third-order valence-electron chi connectivity index (χ3n) is 3.66. The number of carbonyl (C=O) groups excluding carboxylic acids is 3. The van der Waals surface area contributed by atoms with E-state index in [9.17, 15) is 14.4 Å². The van der Waals surface area contributed by atoms with E-state index in [0.717, 1.165) is 5.56 Å². The summed E-state index contributed by atoms with van der Waals surface area (Å²) in [6.45, 7) is 5.40. The van der Waals surface area contributed by atoms with Crippen LogP contribution in [-0.2, 0) is 19.1 Å². The van der Waals surface area contributed by atoms with Crippen LogP contribution in [0, 0.1) is 6.92 Å². The lowest BCUT2D eigenvalue weighted by Crippen LogP contribution is -2.39. The van der Waals surface area contributed by atoms with Crippen LogP contribution in [0.2, 0.25) is 0 Å². The molecule has 0 unspecified atom stereocenters. The van der Waals surface area contributed by atoms with Crippen molar-refractivity contribution in [3.05, 3.63) is 29.3 Å². The van der Waals surface area contributed by atoms with Gasteiger partial charge in [0.15, 0.2) is 13.2 Å². The molecule has 0 atom stereocenters. The molecule has 0 heterocycles. The number of nitrogens with one attached hydrogen (secondary N) is 1. The van der Waals surface area contributed by atoms with Gasteiger partial charge in [0, 0.05) is 14.1 Å². The fourth-order valence-electron chi connectivity index (χ4n) is 2.20. The van der Waals surface area contributed by atoms with Crippen molar-refractivity contribution in [2.45, 2.75) is 26.7 Å². The van der Waals surface area contributed by atoms with Gasteiger partial charge in [-0.25, -0.2) is 4.79 Å². The van der Waals surface area contributed by atoms with E-state index in [1.165, 1.54) is 24.6 Å². The van der Waals surface area contributed by atoms with E-state index in [1.54, 1.807) is 6.07 Å². The van der Waals surface area contributed by atoms with Crippen molar-refractivity contribution in [2.75, 3.05) is 33.9 Å². The Hall–Kier alpha value is -2.57. The molecule has 7 nitrogen and oxygen atoms in total.